The number of hydrogen-bond donors (Lipinski definition) is 2. The van der Waals surface area contributed by atoms with E-state index in [4.69, 9.17) is 10.4 Å². The number of hydrogen-bond acceptors (Lipinski definition) is 4. The molecular formula is C13H10F3N3O. The Morgan fingerprint density at radius 2 is 2.05 bits per heavy atom. The van der Waals surface area contributed by atoms with Gasteiger partial charge in [0.05, 0.1) is 17.6 Å². The maximum absolute atomic E-state index is 12.2. The number of para-hydroxylation sites is 1. The monoisotopic (exact) mass is 281 g/mol. The van der Waals surface area contributed by atoms with E-state index in [1.807, 2.05) is 6.07 Å². The van der Waals surface area contributed by atoms with Gasteiger partial charge in [-0.05, 0) is 12.1 Å². The van der Waals surface area contributed by atoms with Gasteiger partial charge in [-0.15, -0.1) is 0 Å². The lowest BCUT2D eigenvalue weighted by Crippen LogP contribution is -2.35. The van der Waals surface area contributed by atoms with Crippen molar-refractivity contribution in [3.05, 3.63) is 35.9 Å². The molecule has 2 N–H and O–H groups in total. The van der Waals surface area contributed by atoms with Crippen molar-refractivity contribution in [2.24, 2.45) is 0 Å². The first-order valence-corrected chi connectivity index (χ1v) is 5.70. The third-order valence-corrected chi connectivity index (χ3v) is 2.69. The largest absolute Gasteiger partial charge is 0.416 e. The van der Waals surface area contributed by atoms with Gasteiger partial charge >= 0.3 is 6.18 Å². The minimum Gasteiger partial charge on any atom is -0.382 e. The third kappa shape index (κ3) is 2.97. The van der Waals surface area contributed by atoms with E-state index in [2.05, 4.69) is 10.3 Å². The summed E-state index contributed by atoms with van der Waals surface area (Å²) in [5.74, 6) is 0.0227. The Morgan fingerprint density at radius 3 is 2.70 bits per heavy atom. The Labute approximate surface area is 112 Å². The molecule has 0 amide bonds. The highest BCUT2D eigenvalue weighted by molar-refractivity contribution is 5.82. The Balaban J connectivity index is 2.27. The molecule has 0 aliphatic carbocycles. The summed E-state index contributed by atoms with van der Waals surface area (Å²) in [6.07, 6.45) is -7.22. The predicted octanol–water partition coefficient (Wildman–Crippen LogP) is 2.44. The molecule has 0 fully saturated rings. The summed E-state index contributed by atoms with van der Waals surface area (Å²) in [6, 6.07) is 10.3. The maximum Gasteiger partial charge on any atom is 0.416 e. The minimum atomic E-state index is -4.71. The van der Waals surface area contributed by atoms with E-state index in [-0.39, 0.29) is 11.4 Å². The topological polar surface area (TPSA) is 68.9 Å². The van der Waals surface area contributed by atoms with Crippen LogP contribution >= 0.6 is 0 Å². The maximum atomic E-state index is 12.2. The van der Waals surface area contributed by atoms with Crippen molar-refractivity contribution >= 4 is 16.7 Å². The van der Waals surface area contributed by atoms with Crippen LogP contribution in [0.1, 0.15) is 5.56 Å². The Bertz CT molecular complexity index is 664. The summed E-state index contributed by atoms with van der Waals surface area (Å²) in [5, 5.41) is 21.0. The molecule has 1 aromatic heterocycles. The number of pyridine rings is 1. The number of benzene rings is 1. The summed E-state index contributed by atoms with van der Waals surface area (Å²) in [7, 11) is 0. The average Bonchev–Trinajstić information content (AvgIpc) is 2.42. The van der Waals surface area contributed by atoms with Crippen LogP contribution in [-0.4, -0.2) is 28.9 Å². The second-order valence-electron chi connectivity index (χ2n) is 4.13. The first kappa shape index (κ1) is 14.1. The molecular weight excluding hydrogens is 271 g/mol. The summed E-state index contributed by atoms with van der Waals surface area (Å²) in [6.45, 7) is -0.760. The number of nitrogens with one attached hydrogen (secondary N) is 1. The first-order chi connectivity index (χ1) is 9.41. The summed E-state index contributed by atoms with van der Waals surface area (Å²) in [4.78, 5) is 4.09. The number of aliphatic hydroxyl groups excluding tert-OH is 1. The molecule has 0 spiro atoms. The molecule has 1 unspecified atom stereocenters. The van der Waals surface area contributed by atoms with E-state index in [9.17, 15) is 13.2 Å². The third-order valence-electron chi connectivity index (χ3n) is 2.69. The number of nitriles is 1. The van der Waals surface area contributed by atoms with Gasteiger partial charge in [0.15, 0.2) is 6.10 Å². The van der Waals surface area contributed by atoms with Gasteiger partial charge in [-0.25, -0.2) is 4.98 Å². The molecule has 7 heteroatoms. The zero-order chi connectivity index (χ0) is 14.8. The van der Waals surface area contributed by atoms with Crippen LogP contribution in [0.2, 0.25) is 0 Å². The van der Waals surface area contributed by atoms with E-state index in [1.54, 1.807) is 24.3 Å². The normalized spacial score (nSPS) is 12.9. The summed E-state index contributed by atoms with van der Waals surface area (Å²) < 4.78 is 36.6. The van der Waals surface area contributed by atoms with Gasteiger partial charge in [0.2, 0.25) is 0 Å². The quantitative estimate of drug-likeness (QED) is 0.906. The molecule has 0 aliphatic heterocycles. The second-order valence-corrected chi connectivity index (χ2v) is 4.13. The molecule has 0 saturated heterocycles. The van der Waals surface area contributed by atoms with Crippen LogP contribution in [0.4, 0.5) is 19.0 Å². The molecule has 104 valence electrons. The number of halogens is 3. The average molecular weight is 281 g/mol. The second kappa shape index (κ2) is 5.35. The number of anilines is 1. The standard InChI is InChI=1S/C13H10F3N3O/c14-13(15,16)11(20)7-18-12-9(6-17)5-8-3-1-2-4-10(8)19-12/h1-5,11,20H,7H2,(H,18,19). The lowest BCUT2D eigenvalue weighted by molar-refractivity contribution is -0.198. The van der Waals surface area contributed by atoms with Gasteiger partial charge in [0.1, 0.15) is 11.9 Å². The van der Waals surface area contributed by atoms with Gasteiger partial charge in [-0.2, -0.15) is 18.4 Å². The van der Waals surface area contributed by atoms with Gasteiger partial charge in [0.25, 0.3) is 0 Å². The van der Waals surface area contributed by atoms with Crippen LogP contribution in [-0.2, 0) is 0 Å². The smallest absolute Gasteiger partial charge is 0.382 e. The SMILES string of the molecule is N#Cc1cc2ccccc2nc1NCC(O)C(F)(F)F. The van der Waals surface area contributed by atoms with Gasteiger partial charge < -0.3 is 10.4 Å². The molecule has 2 rings (SSSR count). The van der Waals surface area contributed by atoms with Crippen molar-refractivity contribution in [2.45, 2.75) is 12.3 Å². The lowest BCUT2D eigenvalue weighted by Gasteiger charge is -2.16. The Hall–Kier alpha value is -2.33. The summed E-state index contributed by atoms with van der Waals surface area (Å²) >= 11 is 0. The Kier molecular flexibility index (Phi) is 3.77. The van der Waals surface area contributed by atoms with E-state index in [0.717, 1.165) is 0 Å². The predicted molar refractivity (Wildman–Crippen MR) is 67.0 cm³/mol. The highest BCUT2D eigenvalue weighted by Gasteiger charge is 2.38. The molecule has 1 heterocycles. The molecule has 0 bridgehead atoms. The van der Waals surface area contributed by atoms with E-state index in [1.165, 1.54) is 6.07 Å². The van der Waals surface area contributed by atoms with Gasteiger partial charge in [-0.3, -0.25) is 0 Å². The lowest BCUT2D eigenvalue weighted by atomic mass is 10.1. The van der Waals surface area contributed by atoms with Crippen LogP contribution in [0.3, 0.4) is 0 Å². The first-order valence-electron chi connectivity index (χ1n) is 5.70. The highest BCUT2D eigenvalue weighted by atomic mass is 19.4. The summed E-state index contributed by atoms with van der Waals surface area (Å²) in [5.41, 5.74) is 0.675. The van der Waals surface area contributed by atoms with Crippen LogP contribution in [0.15, 0.2) is 30.3 Å². The Morgan fingerprint density at radius 1 is 1.35 bits per heavy atom. The van der Waals surface area contributed by atoms with Gasteiger partial charge in [0, 0.05) is 5.39 Å². The van der Waals surface area contributed by atoms with Crippen molar-refractivity contribution < 1.29 is 18.3 Å². The molecule has 0 aliphatic rings. The number of alkyl halides is 3. The number of aliphatic hydroxyl groups is 1. The fourth-order valence-corrected chi connectivity index (χ4v) is 1.64. The van der Waals surface area contributed by atoms with Gasteiger partial charge in [-0.1, -0.05) is 18.2 Å². The van der Waals surface area contributed by atoms with E-state index >= 15 is 0 Å². The van der Waals surface area contributed by atoms with Crippen LogP contribution in [0.25, 0.3) is 10.9 Å². The van der Waals surface area contributed by atoms with Crippen LogP contribution in [0, 0.1) is 11.3 Å². The molecule has 2 aromatic rings. The van der Waals surface area contributed by atoms with E-state index in [0.29, 0.717) is 10.9 Å². The van der Waals surface area contributed by atoms with Crippen molar-refractivity contribution in [1.29, 1.82) is 5.26 Å². The van der Waals surface area contributed by atoms with E-state index < -0.39 is 18.8 Å². The number of rotatable bonds is 3. The van der Waals surface area contributed by atoms with Crippen LogP contribution in [0.5, 0.6) is 0 Å². The fourth-order valence-electron chi connectivity index (χ4n) is 1.64. The molecule has 0 radical (unpaired) electrons. The number of aromatic nitrogens is 1. The van der Waals surface area contributed by atoms with Crippen molar-refractivity contribution in [3.8, 4) is 6.07 Å². The van der Waals surface area contributed by atoms with Crippen molar-refractivity contribution in [3.63, 3.8) is 0 Å². The van der Waals surface area contributed by atoms with Crippen LogP contribution < -0.4 is 5.32 Å². The van der Waals surface area contributed by atoms with Crippen molar-refractivity contribution in [1.82, 2.24) is 4.98 Å². The zero-order valence-corrected chi connectivity index (χ0v) is 10.1. The highest BCUT2D eigenvalue weighted by Crippen LogP contribution is 2.22. The van der Waals surface area contributed by atoms with Crippen molar-refractivity contribution in [2.75, 3.05) is 11.9 Å². The number of nitrogens with zero attached hydrogens (tertiary/aromatic N) is 2. The zero-order valence-electron chi connectivity index (χ0n) is 10.1. The molecule has 1 atom stereocenters. The molecule has 1 aromatic carbocycles. The molecule has 4 nitrogen and oxygen atoms in total. The molecule has 0 saturated carbocycles. The fraction of sp³-hybridized carbons (Fsp3) is 0.231. The minimum absolute atomic E-state index is 0.0227. The number of fused-ring (bicyclic) bond motifs is 1. The molecule has 20 heavy (non-hydrogen) atoms.